The molecule has 1 N–H and O–H groups in total. The fourth-order valence-corrected chi connectivity index (χ4v) is 2.78. The van der Waals surface area contributed by atoms with Gasteiger partial charge in [-0.3, -0.25) is 0 Å². The van der Waals surface area contributed by atoms with E-state index in [1.807, 2.05) is 56.3 Å². The molecule has 1 fully saturated rings. The van der Waals surface area contributed by atoms with E-state index in [0.717, 1.165) is 41.2 Å². The Hall–Kier alpha value is -2.20. The van der Waals surface area contributed by atoms with Crippen LogP contribution in [0.2, 0.25) is 0 Å². The molecule has 1 heterocycles. The Morgan fingerprint density at radius 2 is 1.68 bits per heavy atom. The van der Waals surface area contributed by atoms with Crippen LogP contribution in [0.1, 0.15) is 17.5 Å². The van der Waals surface area contributed by atoms with Gasteiger partial charge < -0.3 is 10.0 Å². The highest BCUT2D eigenvalue weighted by Gasteiger charge is 2.19. The molecule has 0 bridgehead atoms. The summed E-state index contributed by atoms with van der Waals surface area (Å²) in [5.41, 5.74) is 5.17. The Bertz CT molecular complexity index is 659. The molecule has 0 radical (unpaired) electrons. The summed E-state index contributed by atoms with van der Waals surface area (Å²) in [7, 11) is 0. The van der Waals surface area contributed by atoms with Crippen LogP contribution in [0, 0.1) is 13.8 Å². The van der Waals surface area contributed by atoms with E-state index in [9.17, 15) is 5.11 Å². The van der Waals surface area contributed by atoms with Crippen LogP contribution in [-0.4, -0.2) is 24.3 Å². The quantitative estimate of drug-likeness (QED) is 0.859. The highest BCUT2D eigenvalue weighted by Crippen LogP contribution is 2.27. The lowest BCUT2D eigenvalue weighted by Crippen LogP contribution is -2.20. The topological polar surface area (TPSA) is 48.2 Å². The van der Waals surface area contributed by atoms with Crippen molar-refractivity contribution in [1.82, 2.24) is 0 Å². The second-order valence-corrected chi connectivity index (χ2v) is 5.85. The van der Waals surface area contributed by atoms with Gasteiger partial charge in [-0.15, -0.1) is 0 Å². The number of aliphatic hydroxyl groups is 1. The molecular weight excluding hydrogens is 274 g/mol. The number of azo groups is 1. The Morgan fingerprint density at radius 3 is 2.27 bits per heavy atom. The number of anilines is 1. The average molecular weight is 295 g/mol. The molecule has 22 heavy (non-hydrogen) atoms. The van der Waals surface area contributed by atoms with Crippen LogP contribution in [-0.2, 0) is 0 Å². The molecule has 0 spiro atoms. The Labute approximate surface area is 131 Å². The van der Waals surface area contributed by atoms with Crippen molar-refractivity contribution in [3.8, 4) is 0 Å². The van der Waals surface area contributed by atoms with E-state index in [4.69, 9.17) is 0 Å². The lowest BCUT2D eigenvalue weighted by Gasteiger charge is -2.17. The third kappa shape index (κ3) is 3.17. The first-order valence-corrected chi connectivity index (χ1v) is 7.64. The number of benzene rings is 2. The Balaban J connectivity index is 1.75. The minimum absolute atomic E-state index is 0.205. The largest absolute Gasteiger partial charge is 0.391 e. The molecule has 4 nitrogen and oxygen atoms in total. The highest BCUT2D eigenvalue weighted by molar-refractivity contribution is 5.55. The summed E-state index contributed by atoms with van der Waals surface area (Å²) < 4.78 is 0. The standard InChI is InChI=1S/C18H21N3O/c1-13-4-3-5-14(2)18(13)20-19-15-6-8-16(9-7-15)21-11-10-17(22)12-21/h3-9,17,22H,10-12H2,1-2H3. The van der Waals surface area contributed by atoms with Crippen LogP contribution in [0.3, 0.4) is 0 Å². The zero-order valence-corrected chi connectivity index (χ0v) is 13.0. The second-order valence-electron chi connectivity index (χ2n) is 5.85. The SMILES string of the molecule is Cc1cccc(C)c1N=Nc1ccc(N2CCC(O)C2)cc1. The smallest absolute Gasteiger partial charge is 0.0915 e. The fourth-order valence-electron chi connectivity index (χ4n) is 2.78. The lowest BCUT2D eigenvalue weighted by molar-refractivity contribution is 0.198. The number of hydrogen-bond donors (Lipinski definition) is 1. The first kappa shape index (κ1) is 14.7. The molecule has 114 valence electrons. The number of aryl methyl sites for hydroxylation is 2. The molecule has 2 aromatic carbocycles. The van der Waals surface area contributed by atoms with E-state index in [1.165, 1.54) is 0 Å². The monoisotopic (exact) mass is 295 g/mol. The van der Waals surface area contributed by atoms with Crippen molar-refractivity contribution in [2.75, 3.05) is 18.0 Å². The van der Waals surface area contributed by atoms with Gasteiger partial charge in [0.25, 0.3) is 0 Å². The summed E-state index contributed by atoms with van der Waals surface area (Å²) in [6.45, 7) is 5.71. The summed E-state index contributed by atoms with van der Waals surface area (Å²) in [5, 5.41) is 18.3. The van der Waals surface area contributed by atoms with E-state index < -0.39 is 0 Å². The van der Waals surface area contributed by atoms with Gasteiger partial charge in [-0.05, 0) is 55.7 Å². The van der Waals surface area contributed by atoms with Crippen molar-refractivity contribution >= 4 is 17.1 Å². The van der Waals surface area contributed by atoms with Crippen molar-refractivity contribution in [3.05, 3.63) is 53.6 Å². The van der Waals surface area contributed by atoms with Gasteiger partial charge in [-0.1, -0.05) is 18.2 Å². The van der Waals surface area contributed by atoms with E-state index in [2.05, 4.69) is 15.1 Å². The minimum atomic E-state index is -0.205. The molecule has 0 aliphatic carbocycles. The first-order chi connectivity index (χ1) is 10.6. The third-order valence-corrected chi connectivity index (χ3v) is 4.08. The molecule has 1 saturated heterocycles. The van der Waals surface area contributed by atoms with Crippen LogP contribution in [0.15, 0.2) is 52.7 Å². The number of β-amino-alcohol motifs (C(OH)–C–C–N with tert-alkyl or cyclic N) is 1. The van der Waals surface area contributed by atoms with Gasteiger partial charge in [0.05, 0.1) is 17.5 Å². The number of nitrogens with zero attached hydrogens (tertiary/aromatic N) is 3. The van der Waals surface area contributed by atoms with Gasteiger partial charge >= 0.3 is 0 Å². The van der Waals surface area contributed by atoms with Gasteiger partial charge in [-0.2, -0.15) is 10.2 Å². The number of rotatable bonds is 3. The first-order valence-electron chi connectivity index (χ1n) is 7.64. The zero-order chi connectivity index (χ0) is 15.5. The number of hydrogen-bond acceptors (Lipinski definition) is 4. The normalized spacial score (nSPS) is 18.3. The minimum Gasteiger partial charge on any atom is -0.391 e. The van der Waals surface area contributed by atoms with Crippen LogP contribution < -0.4 is 4.90 Å². The van der Waals surface area contributed by atoms with Gasteiger partial charge in [0.2, 0.25) is 0 Å². The molecule has 1 atom stereocenters. The van der Waals surface area contributed by atoms with Gasteiger partial charge in [0, 0.05) is 18.8 Å². The van der Waals surface area contributed by atoms with Crippen molar-refractivity contribution in [1.29, 1.82) is 0 Å². The summed E-state index contributed by atoms with van der Waals surface area (Å²) in [4.78, 5) is 2.19. The zero-order valence-electron chi connectivity index (χ0n) is 13.0. The maximum Gasteiger partial charge on any atom is 0.0915 e. The third-order valence-electron chi connectivity index (χ3n) is 4.08. The molecule has 3 rings (SSSR count). The average Bonchev–Trinajstić information content (AvgIpc) is 2.94. The molecule has 0 saturated carbocycles. The summed E-state index contributed by atoms with van der Waals surface area (Å²) in [6, 6.07) is 14.1. The van der Waals surface area contributed by atoms with Crippen molar-refractivity contribution < 1.29 is 5.11 Å². The van der Waals surface area contributed by atoms with Crippen LogP contribution >= 0.6 is 0 Å². The van der Waals surface area contributed by atoms with Crippen LogP contribution in [0.4, 0.5) is 17.1 Å². The molecular formula is C18H21N3O. The maximum atomic E-state index is 9.60. The number of aliphatic hydroxyl groups excluding tert-OH is 1. The van der Waals surface area contributed by atoms with E-state index in [0.29, 0.717) is 6.54 Å². The molecule has 0 aromatic heterocycles. The molecule has 2 aromatic rings. The predicted molar refractivity (Wildman–Crippen MR) is 89.4 cm³/mol. The summed E-state index contributed by atoms with van der Waals surface area (Å²) >= 11 is 0. The Morgan fingerprint density at radius 1 is 1.00 bits per heavy atom. The van der Waals surface area contributed by atoms with E-state index in [-0.39, 0.29) is 6.10 Å². The highest BCUT2D eigenvalue weighted by atomic mass is 16.3. The van der Waals surface area contributed by atoms with Crippen molar-refractivity contribution in [2.45, 2.75) is 26.4 Å². The summed E-state index contributed by atoms with van der Waals surface area (Å²) in [6.07, 6.45) is 0.636. The summed E-state index contributed by atoms with van der Waals surface area (Å²) in [5.74, 6) is 0. The molecule has 4 heteroatoms. The van der Waals surface area contributed by atoms with Gasteiger partial charge in [0.15, 0.2) is 0 Å². The molecule has 0 amide bonds. The van der Waals surface area contributed by atoms with Crippen molar-refractivity contribution in [2.24, 2.45) is 10.2 Å². The molecule has 1 unspecified atom stereocenters. The van der Waals surface area contributed by atoms with Crippen LogP contribution in [0.5, 0.6) is 0 Å². The lowest BCUT2D eigenvalue weighted by atomic mass is 10.1. The van der Waals surface area contributed by atoms with E-state index >= 15 is 0 Å². The maximum absolute atomic E-state index is 9.60. The van der Waals surface area contributed by atoms with E-state index in [1.54, 1.807) is 0 Å². The van der Waals surface area contributed by atoms with Crippen molar-refractivity contribution in [3.63, 3.8) is 0 Å². The second kappa shape index (κ2) is 6.28. The predicted octanol–water partition coefficient (Wildman–Crippen LogP) is 4.29. The van der Waals surface area contributed by atoms with Gasteiger partial charge in [-0.25, -0.2) is 0 Å². The molecule has 1 aliphatic rings. The Kier molecular flexibility index (Phi) is 4.20. The molecule has 1 aliphatic heterocycles. The van der Waals surface area contributed by atoms with Crippen LogP contribution in [0.25, 0.3) is 0 Å². The fraction of sp³-hybridized carbons (Fsp3) is 0.333. The van der Waals surface area contributed by atoms with Gasteiger partial charge in [0.1, 0.15) is 0 Å².